The number of benzene rings is 1. The number of carbonyl (C=O) groups excluding carboxylic acids is 2. The maximum Gasteiger partial charge on any atom is 0.325 e. The zero-order valence-electron chi connectivity index (χ0n) is 11.7. The predicted octanol–water partition coefficient (Wildman–Crippen LogP) is 1.42. The van der Waals surface area contributed by atoms with Gasteiger partial charge in [-0.1, -0.05) is 37.3 Å². The number of amides is 1. The maximum absolute atomic E-state index is 11.9. The van der Waals surface area contributed by atoms with Crippen LogP contribution >= 0.6 is 12.4 Å². The first-order chi connectivity index (χ1) is 9.06. The number of nitrogens with two attached hydrogens (primary N) is 1. The number of nitrogens with one attached hydrogen (secondary N) is 1. The van der Waals surface area contributed by atoms with E-state index < -0.39 is 17.9 Å². The Hall–Kier alpha value is -1.59. The van der Waals surface area contributed by atoms with Crippen molar-refractivity contribution in [1.82, 2.24) is 5.32 Å². The van der Waals surface area contributed by atoms with Crippen LogP contribution in [0.4, 0.5) is 0 Å². The molecule has 0 spiro atoms. The Labute approximate surface area is 125 Å². The van der Waals surface area contributed by atoms with Crippen molar-refractivity contribution in [2.75, 3.05) is 13.2 Å². The number of hydrogen-bond donors (Lipinski definition) is 2. The highest BCUT2D eigenvalue weighted by Gasteiger charge is 2.22. The molecule has 0 radical (unpaired) electrons. The summed E-state index contributed by atoms with van der Waals surface area (Å²) in [6, 6.07) is 8.99. The first-order valence-electron chi connectivity index (χ1n) is 6.30. The third kappa shape index (κ3) is 5.59. The van der Waals surface area contributed by atoms with Gasteiger partial charge in [-0.2, -0.15) is 0 Å². The van der Waals surface area contributed by atoms with E-state index in [0.717, 1.165) is 5.56 Å². The van der Waals surface area contributed by atoms with Gasteiger partial charge in [-0.3, -0.25) is 9.59 Å². The van der Waals surface area contributed by atoms with Gasteiger partial charge >= 0.3 is 5.97 Å². The molecule has 2 atom stereocenters. The van der Waals surface area contributed by atoms with E-state index in [1.54, 1.807) is 13.8 Å². The topological polar surface area (TPSA) is 81.4 Å². The first-order valence-corrected chi connectivity index (χ1v) is 6.30. The summed E-state index contributed by atoms with van der Waals surface area (Å²) in [4.78, 5) is 23.0. The van der Waals surface area contributed by atoms with Crippen LogP contribution in [0, 0.1) is 5.92 Å². The number of carbonyl (C=O) groups is 2. The van der Waals surface area contributed by atoms with Gasteiger partial charge in [0.2, 0.25) is 5.91 Å². The van der Waals surface area contributed by atoms with Crippen molar-refractivity contribution in [3.8, 4) is 0 Å². The molecule has 0 saturated carbocycles. The molecule has 112 valence electrons. The Balaban J connectivity index is 0.00000361. The number of hydrogen-bond acceptors (Lipinski definition) is 4. The third-order valence-corrected chi connectivity index (χ3v) is 2.85. The molecule has 0 heterocycles. The zero-order valence-corrected chi connectivity index (χ0v) is 12.5. The van der Waals surface area contributed by atoms with E-state index in [9.17, 15) is 9.59 Å². The quantitative estimate of drug-likeness (QED) is 0.779. The maximum atomic E-state index is 11.9. The zero-order chi connectivity index (χ0) is 14.3. The smallest absolute Gasteiger partial charge is 0.325 e. The monoisotopic (exact) mass is 300 g/mol. The second kappa shape index (κ2) is 9.34. The lowest BCUT2D eigenvalue weighted by Crippen LogP contribution is -2.38. The summed E-state index contributed by atoms with van der Waals surface area (Å²) in [6.45, 7) is 3.62. The van der Waals surface area contributed by atoms with E-state index in [1.165, 1.54) is 0 Å². The molecule has 20 heavy (non-hydrogen) atoms. The normalized spacial score (nSPS) is 12.8. The molecule has 0 aliphatic rings. The highest BCUT2D eigenvalue weighted by Crippen LogP contribution is 2.18. The number of rotatable bonds is 6. The van der Waals surface area contributed by atoms with E-state index in [4.69, 9.17) is 10.5 Å². The Morgan fingerprint density at radius 2 is 1.90 bits per heavy atom. The number of halogens is 1. The van der Waals surface area contributed by atoms with Gasteiger partial charge in [0, 0.05) is 6.04 Å². The van der Waals surface area contributed by atoms with Gasteiger partial charge in [0.1, 0.15) is 6.54 Å². The van der Waals surface area contributed by atoms with Gasteiger partial charge in [0.15, 0.2) is 0 Å². The first kappa shape index (κ1) is 18.4. The summed E-state index contributed by atoms with van der Waals surface area (Å²) < 4.78 is 4.73. The summed E-state index contributed by atoms with van der Waals surface area (Å²) in [6.07, 6.45) is 0. The van der Waals surface area contributed by atoms with Crippen LogP contribution in [0.5, 0.6) is 0 Å². The lowest BCUT2D eigenvalue weighted by atomic mass is 9.95. The minimum atomic E-state index is -0.448. The summed E-state index contributed by atoms with van der Waals surface area (Å²) >= 11 is 0. The van der Waals surface area contributed by atoms with Crippen molar-refractivity contribution in [2.45, 2.75) is 19.9 Å². The third-order valence-electron chi connectivity index (χ3n) is 2.85. The summed E-state index contributed by atoms with van der Waals surface area (Å²) in [5, 5.41) is 2.52. The molecule has 1 amide bonds. The SMILES string of the molecule is CCOC(=O)CNC(=O)C(C)C(N)c1ccccc1.Cl. The fourth-order valence-corrected chi connectivity index (χ4v) is 1.66. The van der Waals surface area contributed by atoms with Crippen LogP contribution in [0.2, 0.25) is 0 Å². The van der Waals surface area contributed by atoms with Crippen LogP contribution in [0.1, 0.15) is 25.5 Å². The Bertz CT molecular complexity index is 426. The number of ether oxygens (including phenoxy) is 1. The van der Waals surface area contributed by atoms with Crippen molar-refractivity contribution in [2.24, 2.45) is 11.7 Å². The number of esters is 1. The molecular formula is C14H21ClN2O3. The van der Waals surface area contributed by atoms with E-state index >= 15 is 0 Å². The lowest BCUT2D eigenvalue weighted by molar-refractivity contribution is -0.143. The van der Waals surface area contributed by atoms with Gasteiger partial charge < -0.3 is 15.8 Å². The standard InChI is InChI=1S/C14H20N2O3.ClH/c1-3-19-12(17)9-16-14(18)10(2)13(15)11-7-5-4-6-8-11;/h4-8,10,13H,3,9,15H2,1-2H3,(H,16,18);1H. The van der Waals surface area contributed by atoms with Crippen molar-refractivity contribution in [3.63, 3.8) is 0 Å². The molecule has 1 aromatic carbocycles. The summed E-state index contributed by atoms with van der Waals surface area (Å²) in [5.74, 6) is -1.13. The highest BCUT2D eigenvalue weighted by atomic mass is 35.5. The van der Waals surface area contributed by atoms with Crippen LogP contribution in [0.15, 0.2) is 30.3 Å². The van der Waals surface area contributed by atoms with Crippen LogP contribution in [0.3, 0.4) is 0 Å². The molecule has 0 aliphatic heterocycles. The van der Waals surface area contributed by atoms with E-state index in [-0.39, 0.29) is 24.9 Å². The predicted molar refractivity (Wildman–Crippen MR) is 79.4 cm³/mol. The van der Waals surface area contributed by atoms with Crippen molar-refractivity contribution in [1.29, 1.82) is 0 Å². The van der Waals surface area contributed by atoms with Crippen molar-refractivity contribution < 1.29 is 14.3 Å². The average molecular weight is 301 g/mol. The van der Waals surface area contributed by atoms with E-state index in [2.05, 4.69) is 5.32 Å². The fraction of sp³-hybridized carbons (Fsp3) is 0.429. The minimum Gasteiger partial charge on any atom is -0.465 e. The molecule has 0 aliphatic carbocycles. The molecule has 0 saturated heterocycles. The van der Waals surface area contributed by atoms with Crippen LogP contribution in [0.25, 0.3) is 0 Å². The van der Waals surface area contributed by atoms with Gasteiger partial charge in [0.05, 0.1) is 12.5 Å². The van der Waals surface area contributed by atoms with Crippen LogP contribution < -0.4 is 11.1 Å². The van der Waals surface area contributed by atoms with Gasteiger partial charge in [0.25, 0.3) is 0 Å². The Morgan fingerprint density at radius 3 is 2.45 bits per heavy atom. The summed E-state index contributed by atoms with van der Waals surface area (Å²) in [7, 11) is 0. The summed E-state index contributed by atoms with van der Waals surface area (Å²) in [5.41, 5.74) is 6.92. The molecule has 0 bridgehead atoms. The average Bonchev–Trinajstić information content (AvgIpc) is 2.44. The molecule has 1 aromatic rings. The largest absolute Gasteiger partial charge is 0.465 e. The second-order valence-electron chi connectivity index (χ2n) is 4.25. The highest BCUT2D eigenvalue weighted by molar-refractivity contribution is 5.85. The van der Waals surface area contributed by atoms with E-state index in [0.29, 0.717) is 6.61 Å². The molecule has 1 rings (SSSR count). The Kier molecular flexibility index (Phi) is 8.59. The molecule has 0 aromatic heterocycles. The lowest BCUT2D eigenvalue weighted by Gasteiger charge is -2.19. The van der Waals surface area contributed by atoms with Crippen LogP contribution in [-0.2, 0) is 14.3 Å². The second-order valence-corrected chi connectivity index (χ2v) is 4.25. The molecule has 6 heteroatoms. The minimum absolute atomic E-state index is 0. The Morgan fingerprint density at radius 1 is 1.30 bits per heavy atom. The van der Waals surface area contributed by atoms with Gasteiger partial charge in [-0.05, 0) is 12.5 Å². The van der Waals surface area contributed by atoms with E-state index in [1.807, 2.05) is 30.3 Å². The van der Waals surface area contributed by atoms with Gasteiger partial charge in [-0.15, -0.1) is 12.4 Å². The van der Waals surface area contributed by atoms with Crippen molar-refractivity contribution >= 4 is 24.3 Å². The molecule has 5 nitrogen and oxygen atoms in total. The molecule has 0 fully saturated rings. The van der Waals surface area contributed by atoms with Crippen LogP contribution in [-0.4, -0.2) is 25.0 Å². The van der Waals surface area contributed by atoms with Crippen molar-refractivity contribution in [3.05, 3.63) is 35.9 Å². The molecule has 2 unspecified atom stereocenters. The van der Waals surface area contributed by atoms with Gasteiger partial charge in [-0.25, -0.2) is 0 Å². The molecule has 3 N–H and O–H groups in total. The molecular weight excluding hydrogens is 280 g/mol. The fourth-order valence-electron chi connectivity index (χ4n) is 1.66.